The Morgan fingerprint density at radius 3 is 1.87 bits per heavy atom. The number of nitrogens with two attached hydrogens (primary N) is 1. The Kier molecular flexibility index (Phi) is 13.1. The lowest BCUT2D eigenvalue weighted by molar-refractivity contribution is -0.393. The molecule has 0 aromatic heterocycles. The fraction of sp³-hybridized carbons (Fsp3) is 0.571. The SMILES string of the molecule is CCCCC(CC)COc1cc(NNc2ccc([N+](=O)[O-])cc2[N+](=O)[O-])c(OCC(CC)CCCC)cc1N. The van der Waals surface area contributed by atoms with Gasteiger partial charge in [-0.3, -0.25) is 31.1 Å². The van der Waals surface area contributed by atoms with Gasteiger partial charge in [0.25, 0.3) is 5.69 Å². The summed E-state index contributed by atoms with van der Waals surface area (Å²) in [5.41, 5.74) is 12.3. The van der Waals surface area contributed by atoms with Crippen LogP contribution in [0.1, 0.15) is 79.1 Å². The van der Waals surface area contributed by atoms with E-state index >= 15 is 0 Å². The van der Waals surface area contributed by atoms with E-state index in [1.165, 1.54) is 12.1 Å². The fourth-order valence-electron chi connectivity index (χ4n) is 4.15. The average molecular weight is 546 g/mol. The minimum atomic E-state index is -0.674. The fourth-order valence-corrected chi connectivity index (χ4v) is 4.15. The molecule has 216 valence electrons. The number of nitrogens with one attached hydrogen (secondary N) is 2. The highest BCUT2D eigenvalue weighted by Crippen LogP contribution is 2.37. The first kappa shape index (κ1) is 31.5. The van der Waals surface area contributed by atoms with Crippen LogP contribution in [0.15, 0.2) is 30.3 Å². The van der Waals surface area contributed by atoms with Crippen molar-refractivity contribution in [1.82, 2.24) is 0 Å². The van der Waals surface area contributed by atoms with Gasteiger partial charge in [0.1, 0.15) is 17.2 Å². The number of hydrogen-bond acceptors (Lipinski definition) is 9. The second kappa shape index (κ2) is 16.3. The Morgan fingerprint density at radius 2 is 1.36 bits per heavy atom. The van der Waals surface area contributed by atoms with Crippen LogP contribution in [0.25, 0.3) is 0 Å². The Hall–Kier alpha value is -3.76. The number of nitrogens with zero attached hydrogens (tertiary/aromatic N) is 2. The molecule has 0 heterocycles. The van der Waals surface area contributed by atoms with E-state index in [1.54, 1.807) is 12.1 Å². The summed E-state index contributed by atoms with van der Waals surface area (Å²) in [5.74, 6) is 1.74. The Bertz CT molecular complexity index is 1080. The van der Waals surface area contributed by atoms with Gasteiger partial charge in [-0.25, -0.2) is 0 Å². The van der Waals surface area contributed by atoms with Crippen LogP contribution in [0.3, 0.4) is 0 Å². The zero-order valence-corrected chi connectivity index (χ0v) is 23.5. The number of unbranched alkanes of at least 4 members (excludes halogenated alkanes) is 2. The molecule has 2 unspecified atom stereocenters. The summed E-state index contributed by atoms with van der Waals surface area (Å²) in [7, 11) is 0. The van der Waals surface area contributed by atoms with Crippen molar-refractivity contribution in [2.75, 3.05) is 29.8 Å². The van der Waals surface area contributed by atoms with E-state index in [2.05, 4.69) is 38.5 Å². The van der Waals surface area contributed by atoms with Crippen molar-refractivity contribution >= 4 is 28.4 Å². The van der Waals surface area contributed by atoms with Crippen molar-refractivity contribution < 1.29 is 19.3 Å². The molecule has 0 bridgehead atoms. The highest BCUT2D eigenvalue weighted by atomic mass is 16.6. The van der Waals surface area contributed by atoms with Gasteiger partial charge in [-0.2, -0.15) is 0 Å². The van der Waals surface area contributed by atoms with Gasteiger partial charge in [0.15, 0.2) is 0 Å². The molecule has 2 atom stereocenters. The quantitative estimate of drug-likeness (QED) is 0.0913. The highest BCUT2D eigenvalue weighted by Gasteiger charge is 2.21. The maximum Gasteiger partial charge on any atom is 0.300 e. The first-order valence-corrected chi connectivity index (χ1v) is 13.9. The Labute approximate surface area is 230 Å². The van der Waals surface area contributed by atoms with E-state index in [-0.39, 0.29) is 11.4 Å². The van der Waals surface area contributed by atoms with Gasteiger partial charge in [-0.05, 0) is 30.7 Å². The zero-order valence-electron chi connectivity index (χ0n) is 23.5. The van der Waals surface area contributed by atoms with Gasteiger partial charge in [0.05, 0.1) is 40.5 Å². The van der Waals surface area contributed by atoms with Crippen molar-refractivity contribution in [2.45, 2.75) is 79.1 Å². The van der Waals surface area contributed by atoms with Crippen LogP contribution < -0.4 is 26.1 Å². The molecule has 2 aromatic rings. The van der Waals surface area contributed by atoms with E-state index in [0.717, 1.165) is 57.4 Å². The minimum Gasteiger partial charge on any atom is -0.491 e. The number of non-ortho nitro benzene ring substituents is 1. The highest BCUT2D eigenvalue weighted by molar-refractivity contribution is 5.73. The maximum atomic E-state index is 11.6. The monoisotopic (exact) mass is 545 g/mol. The molecular formula is C28H43N5O6. The average Bonchev–Trinajstić information content (AvgIpc) is 2.93. The molecular weight excluding hydrogens is 502 g/mol. The molecule has 4 N–H and O–H groups in total. The molecule has 11 heteroatoms. The van der Waals surface area contributed by atoms with E-state index in [0.29, 0.717) is 47.9 Å². The number of ether oxygens (including phenoxy) is 2. The van der Waals surface area contributed by atoms with Crippen LogP contribution in [0.2, 0.25) is 0 Å². The summed E-state index contributed by atoms with van der Waals surface area (Å²) in [6, 6.07) is 6.82. The lowest BCUT2D eigenvalue weighted by atomic mass is 10.0. The molecule has 0 spiro atoms. The minimum absolute atomic E-state index is 0.0656. The predicted octanol–water partition coefficient (Wildman–Crippen LogP) is 7.71. The van der Waals surface area contributed by atoms with Crippen LogP contribution >= 0.6 is 0 Å². The van der Waals surface area contributed by atoms with Crippen molar-refractivity contribution in [3.05, 3.63) is 50.6 Å². The lowest BCUT2D eigenvalue weighted by Crippen LogP contribution is -2.16. The van der Waals surface area contributed by atoms with E-state index < -0.39 is 15.5 Å². The number of nitro groups is 2. The van der Waals surface area contributed by atoms with Gasteiger partial charge < -0.3 is 15.2 Å². The van der Waals surface area contributed by atoms with Crippen molar-refractivity contribution in [2.24, 2.45) is 11.8 Å². The second-order valence-electron chi connectivity index (χ2n) is 9.81. The number of hydrogen-bond donors (Lipinski definition) is 3. The first-order chi connectivity index (χ1) is 18.7. The van der Waals surface area contributed by atoms with Gasteiger partial charge in [-0.1, -0.05) is 66.2 Å². The van der Waals surface area contributed by atoms with E-state index in [4.69, 9.17) is 15.2 Å². The maximum absolute atomic E-state index is 11.6. The van der Waals surface area contributed by atoms with Crippen molar-refractivity contribution in [3.8, 4) is 11.5 Å². The third-order valence-electron chi connectivity index (χ3n) is 6.87. The molecule has 0 aliphatic rings. The number of nitro benzene ring substituents is 2. The summed E-state index contributed by atoms with van der Waals surface area (Å²) in [6.45, 7) is 9.61. The summed E-state index contributed by atoms with van der Waals surface area (Å²) >= 11 is 0. The molecule has 0 radical (unpaired) electrons. The molecule has 0 fully saturated rings. The first-order valence-electron chi connectivity index (χ1n) is 13.9. The second-order valence-corrected chi connectivity index (χ2v) is 9.81. The molecule has 0 aliphatic heterocycles. The number of nitrogen functional groups attached to an aromatic ring is 1. The molecule has 0 aliphatic carbocycles. The predicted molar refractivity (Wildman–Crippen MR) is 155 cm³/mol. The third kappa shape index (κ3) is 9.81. The topological polar surface area (TPSA) is 155 Å². The van der Waals surface area contributed by atoms with Crippen molar-refractivity contribution in [3.63, 3.8) is 0 Å². The van der Waals surface area contributed by atoms with Gasteiger partial charge in [-0.15, -0.1) is 0 Å². The standard InChI is InChI=1S/C28H43N5O6/c1-5-9-11-20(7-3)18-38-27-17-25(28(16-23(27)29)39-19-21(8-4)12-10-6-2)31-30-24-14-13-22(32(34)35)15-26(24)33(36)37/h13-17,20-21,30-31H,5-12,18-19,29H2,1-4H3. The largest absolute Gasteiger partial charge is 0.491 e. The normalized spacial score (nSPS) is 12.4. The Balaban J connectivity index is 2.32. The number of benzene rings is 2. The molecule has 0 amide bonds. The molecule has 39 heavy (non-hydrogen) atoms. The molecule has 0 saturated heterocycles. The van der Waals surface area contributed by atoms with Crippen LogP contribution in [0.4, 0.5) is 28.4 Å². The summed E-state index contributed by atoms with van der Waals surface area (Å²) in [6.07, 6.45) is 8.57. The molecule has 11 nitrogen and oxygen atoms in total. The molecule has 2 aromatic carbocycles. The van der Waals surface area contributed by atoms with Gasteiger partial charge in [0.2, 0.25) is 0 Å². The third-order valence-corrected chi connectivity index (χ3v) is 6.87. The van der Waals surface area contributed by atoms with Crippen LogP contribution in [0.5, 0.6) is 11.5 Å². The number of anilines is 3. The molecule has 0 saturated carbocycles. The number of rotatable bonds is 19. The zero-order chi connectivity index (χ0) is 28.8. The van der Waals surface area contributed by atoms with Gasteiger partial charge in [0, 0.05) is 18.2 Å². The van der Waals surface area contributed by atoms with E-state index in [1.807, 2.05) is 0 Å². The van der Waals surface area contributed by atoms with Gasteiger partial charge >= 0.3 is 5.69 Å². The van der Waals surface area contributed by atoms with Crippen molar-refractivity contribution in [1.29, 1.82) is 0 Å². The summed E-state index contributed by atoms with van der Waals surface area (Å²) < 4.78 is 12.3. The van der Waals surface area contributed by atoms with E-state index in [9.17, 15) is 20.2 Å². The van der Waals surface area contributed by atoms with Crippen LogP contribution in [-0.4, -0.2) is 23.1 Å². The summed E-state index contributed by atoms with van der Waals surface area (Å²) in [4.78, 5) is 21.3. The molecule has 2 rings (SSSR count). The van der Waals surface area contributed by atoms with Crippen LogP contribution in [0, 0.1) is 32.1 Å². The van der Waals surface area contributed by atoms with Crippen LogP contribution in [-0.2, 0) is 0 Å². The number of hydrazine groups is 1. The Morgan fingerprint density at radius 1 is 0.795 bits per heavy atom. The smallest absolute Gasteiger partial charge is 0.300 e. The lowest BCUT2D eigenvalue weighted by Gasteiger charge is -2.21. The summed E-state index contributed by atoms with van der Waals surface area (Å²) in [5, 5.41) is 22.7.